The Labute approximate surface area is 164 Å². The molecule has 2 atom stereocenters. The van der Waals surface area contributed by atoms with Crippen LogP contribution in [0.25, 0.3) is 0 Å². The van der Waals surface area contributed by atoms with E-state index < -0.39 is 8.32 Å². The topological polar surface area (TPSA) is 44.8 Å². The summed E-state index contributed by atoms with van der Waals surface area (Å²) in [4.78, 5) is 10.7. The van der Waals surface area contributed by atoms with E-state index in [0.717, 1.165) is 35.7 Å². The van der Waals surface area contributed by atoms with Crippen LogP contribution in [0.15, 0.2) is 24.3 Å². The number of halogens is 1. The van der Waals surface area contributed by atoms with Gasteiger partial charge in [-0.3, -0.25) is 0 Å². The van der Waals surface area contributed by atoms with Crippen LogP contribution < -0.4 is 4.74 Å². The van der Waals surface area contributed by atoms with E-state index in [0.29, 0.717) is 26.1 Å². The van der Waals surface area contributed by atoms with Gasteiger partial charge >= 0.3 is 0 Å². The SMILES string of the molecule is CC[Si](CC)(CC)O[C@H](COCc1ccc(OC)cc1)[C@H](Cl)CCC=O. The lowest BCUT2D eigenvalue weighted by Crippen LogP contribution is -2.44. The summed E-state index contributed by atoms with van der Waals surface area (Å²) in [5.41, 5.74) is 1.08. The van der Waals surface area contributed by atoms with Crippen LogP contribution in [0.3, 0.4) is 0 Å². The first-order valence-corrected chi connectivity index (χ1v) is 12.5. The number of aldehydes is 1. The third kappa shape index (κ3) is 7.39. The van der Waals surface area contributed by atoms with Crippen LogP contribution in [0, 0.1) is 0 Å². The van der Waals surface area contributed by atoms with Gasteiger partial charge in [-0.25, -0.2) is 0 Å². The van der Waals surface area contributed by atoms with E-state index in [2.05, 4.69) is 20.8 Å². The highest BCUT2D eigenvalue weighted by atomic mass is 35.5. The Morgan fingerprint density at radius 1 is 1.12 bits per heavy atom. The first kappa shape index (κ1) is 23.2. The predicted molar refractivity (Wildman–Crippen MR) is 110 cm³/mol. The lowest BCUT2D eigenvalue weighted by Gasteiger charge is -2.35. The lowest BCUT2D eigenvalue weighted by atomic mass is 10.1. The summed E-state index contributed by atoms with van der Waals surface area (Å²) in [6, 6.07) is 11.0. The maximum Gasteiger partial charge on any atom is 0.192 e. The van der Waals surface area contributed by atoms with Gasteiger partial charge in [0.2, 0.25) is 0 Å². The number of hydrogen-bond donors (Lipinski definition) is 0. The predicted octanol–water partition coefficient (Wildman–Crippen LogP) is 5.19. The Hall–Kier alpha value is -0.883. The molecule has 1 aromatic carbocycles. The Bertz CT molecular complexity index is 497. The van der Waals surface area contributed by atoms with Crippen LogP contribution in [0.2, 0.25) is 18.1 Å². The van der Waals surface area contributed by atoms with Gasteiger partial charge in [0.05, 0.1) is 31.8 Å². The zero-order chi connectivity index (χ0) is 19.4. The van der Waals surface area contributed by atoms with Crippen molar-refractivity contribution in [3.8, 4) is 5.75 Å². The number of ether oxygens (including phenoxy) is 2. The highest BCUT2D eigenvalue weighted by molar-refractivity contribution is 6.73. The Morgan fingerprint density at radius 2 is 1.73 bits per heavy atom. The van der Waals surface area contributed by atoms with Crippen molar-refractivity contribution in [2.24, 2.45) is 0 Å². The Kier molecular flexibility index (Phi) is 11.1. The summed E-state index contributed by atoms with van der Waals surface area (Å²) in [5.74, 6) is 0.828. The molecule has 26 heavy (non-hydrogen) atoms. The zero-order valence-corrected chi connectivity index (χ0v) is 18.3. The van der Waals surface area contributed by atoms with Gasteiger partial charge in [0.25, 0.3) is 0 Å². The first-order valence-electron chi connectivity index (χ1n) is 9.50. The molecule has 1 aromatic rings. The lowest BCUT2D eigenvalue weighted by molar-refractivity contribution is -0.108. The van der Waals surface area contributed by atoms with Crippen molar-refractivity contribution < 1.29 is 18.7 Å². The highest BCUT2D eigenvalue weighted by Gasteiger charge is 2.34. The van der Waals surface area contributed by atoms with E-state index in [4.69, 9.17) is 25.5 Å². The van der Waals surface area contributed by atoms with Crippen LogP contribution in [0.5, 0.6) is 5.75 Å². The molecule has 0 unspecified atom stereocenters. The molecule has 0 heterocycles. The second-order valence-electron chi connectivity index (χ2n) is 6.52. The molecule has 1 rings (SSSR count). The number of methoxy groups -OCH3 is 1. The third-order valence-electron chi connectivity index (χ3n) is 5.01. The number of hydrogen-bond acceptors (Lipinski definition) is 4. The average Bonchev–Trinajstić information content (AvgIpc) is 2.69. The van der Waals surface area contributed by atoms with Gasteiger partial charge < -0.3 is 18.7 Å². The quantitative estimate of drug-likeness (QED) is 0.245. The van der Waals surface area contributed by atoms with Crippen molar-refractivity contribution >= 4 is 26.2 Å². The molecule has 0 fully saturated rings. The molecule has 148 valence electrons. The van der Waals surface area contributed by atoms with Crippen molar-refractivity contribution in [2.45, 2.75) is 69.8 Å². The fraction of sp³-hybridized carbons (Fsp3) is 0.650. The number of alkyl halides is 1. The van der Waals surface area contributed by atoms with Gasteiger partial charge in [0.1, 0.15) is 12.0 Å². The van der Waals surface area contributed by atoms with E-state index in [9.17, 15) is 4.79 Å². The van der Waals surface area contributed by atoms with Crippen molar-refractivity contribution in [3.05, 3.63) is 29.8 Å². The fourth-order valence-electron chi connectivity index (χ4n) is 2.96. The second kappa shape index (κ2) is 12.5. The van der Waals surface area contributed by atoms with Crippen LogP contribution >= 0.6 is 11.6 Å². The normalized spacial score (nSPS) is 14.0. The molecule has 4 nitrogen and oxygen atoms in total. The van der Waals surface area contributed by atoms with E-state index in [1.807, 2.05) is 24.3 Å². The summed E-state index contributed by atoms with van der Waals surface area (Å²) in [6.07, 6.45) is 1.80. The summed E-state index contributed by atoms with van der Waals surface area (Å²) < 4.78 is 17.7. The van der Waals surface area contributed by atoms with E-state index >= 15 is 0 Å². The molecule has 0 amide bonds. The maximum absolute atomic E-state index is 10.7. The van der Waals surface area contributed by atoms with Crippen LogP contribution in [0.4, 0.5) is 0 Å². The number of carbonyl (C=O) groups is 1. The molecule has 0 aromatic heterocycles. The van der Waals surface area contributed by atoms with Crippen molar-refractivity contribution in [1.29, 1.82) is 0 Å². The fourth-order valence-corrected chi connectivity index (χ4v) is 6.17. The molecule has 0 saturated carbocycles. The molecule has 0 saturated heterocycles. The standard InChI is InChI=1S/C20H33ClO4Si/c1-5-26(6-2,7-3)25-20(19(21)9-8-14-22)16-24-15-17-10-12-18(23-4)13-11-17/h10-14,19-20H,5-9,15-16H2,1-4H3/t19-,20-/m1/s1. The second-order valence-corrected chi connectivity index (χ2v) is 11.8. The molecule has 0 radical (unpaired) electrons. The van der Waals surface area contributed by atoms with E-state index in [1.54, 1.807) is 7.11 Å². The van der Waals surface area contributed by atoms with Crippen molar-refractivity contribution in [1.82, 2.24) is 0 Å². The maximum atomic E-state index is 10.7. The smallest absolute Gasteiger partial charge is 0.192 e. The molecule has 0 bridgehead atoms. The minimum absolute atomic E-state index is 0.179. The van der Waals surface area contributed by atoms with E-state index in [-0.39, 0.29) is 11.5 Å². The van der Waals surface area contributed by atoms with Gasteiger partial charge in [0, 0.05) is 6.42 Å². The van der Waals surface area contributed by atoms with Gasteiger partial charge in [-0.05, 0) is 42.2 Å². The van der Waals surface area contributed by atoms with Gasteiger partial charge in [0.15, 0.2) is 8.32 Å². The summed E-state index contributed by atoms with van der Waals surface area (Å²) in [7, 11) is -0.142. The Morgan fingerprint density at radius 3 is 2.23 bits per heavy atom. The minimum Gasteiger partial charge on any atom is -0.497 e. The van der Waals surface area contributed by atoms with Crippen LogP contribution in [0.1, 0.15) is 39.2 Å². The largest absolute Gasteiger partial charge is 0.497 e. The van der Waals surface area contributed by atoms with Crippen LogP contribution in [-0.2, 0) is 20.6 Å². The number of rotatable bonds is 14. The molecular formula is C20H33ClO4Si. The number of carbonyl (C=O) groups excluding carboxylic acids is 1. The number of benzene rings is 1. The molecule has 0 aliphatic heterocycles. The van der Waals surface area contributed by atoms with Gasteiger partial charge in [-0.1, -0.05) is 32.9 Å². The molecule has 0 spiro atoms. The molecule has 6 heteroatoms. The highest BCUT2D eigenvalue weighted by Crippen LogP contribution is 2.27. The minimum atomic E-state index is -1.79. The van der Waals surface area contributed by atoms with Gasteiger partial charge in [-0.15, -0.1) is 11.6 Å². The molecular weight excluding hydrogens is 368 g/mol. The van der Waals surface area contributed by atoms with Crippen LogP contribution in [-0.4, -0.2) is 39.8 Å². The average molecular weight is 401 g/mol. The monoisotopic (exact) mass is 400 g/mol. The molecule has 0 aliphatic rings. The van der Waals surface area contributed by atoms with Crippen molar-refractivity contribution in [2.75, 3.05) is 13.7 Å². The summed E-state index contributed by atoms with van der Waals surface area (Å²) in [6.45, 7) is 7.53. The summed E-state index contributed by atoms with van der Waals surface area (Å²) >= 11 is 6.57. The van der Waals surface area contributed by atoms with Crippen molar-refractivity contribution in [3.63, 3.8) is 0 Å². The zero-order valence-electron chi connectivity index (χ0n) is 16.5. The Balaban J connectivity index is 2.69. The molecule has 0 N–H and O–H groups in total. The first-order chi connectivity index (χ1) is 12.5. The van der Waals surface area contributed by atoms with E-state index in [1.165, 1.54) is 0 Å². The molecule has 0 aliphatic carbocycles. The third-order valence-corrected chi connectivity index (χ3v) is 10.2. The van der Waals surface area contributed by atoms with Gasteiger partial charge in [-0.2, -0.15) is 0 Å². The summed E-state index contributed by atoms with van der Waals surface area (Å²) in [5, 5.41) is -0.215.